The zero-order valence-corrected chi connectivity index (χ0v) is 16.5. The Hall–Kier alpha value is -2.70. The molecule has 2 aliphatic rings. The number of aryl methyl sites for hydroxylation is 2. The highest BCUT2D eigenvalue weighted by molar-refractivity contribution is 5.89. The summed E-state index contributed by atoms with van der Waals surface area (Å²) in [4.78, 5) is 30.7. The van der Waals surface area contributed by atoms with Gasteiger partial charge in [-0.2, -0.15) is 5.10 Å². The summed E-state index contributed by atoms with van der Waals surface area (Å²) in [6.45, 7) is 6.57. The highest BCUT2D eigenvalue weighted by Crippen LogP contribution is 2.46. The van der Waals surface area contributed by atoms with Crippen molar-refractivity contribution in [2.45, 2.75) is 46.2 Å². The van der Waals surface area contributed by atoms with Gasteiger partial charge in [0.2, 0.25) is 11.8 Å². The Kier molecular flexibility index (Phi) is 4.91. The number of amides is 2. The molecule has 4 rings (SSSR count). The number of aromatic nitrogens is 3. The lowest BCUT2D eigenvalue weighted by atomic mass is 10.1. The monoisotopic (exact) mass is 381 g/mol. The van der Waals surface area contributed by atoms with Crippen LogP contribution >= 0.6 is 0 Å². The second kappa shape index (κ2) is 7.37. The molecule has 0 bridgehead atoms. The summed E-state index contributed by atoms with van der Waals surface area (Å²) in [7, 11) is 0. The molecule has 0 aromatic carbocycles. The molecule has 1 aliphatic carbocycles. The Morgan fingerprint density at radius 1 is 1.29 bits per heavy atom. The van der Waals surface area contributed by atoms with Crippen LogP contribution in [-0.4, -0.2) is 44.6 Å². The normalized spacial score (nSPS) is 20.4. The summed E-state index contributed by atoms with van der Waals surface area (Å²) in [5, 5.41) is 7.66. The van der Waals surface area contributed by atoms with Gasteiger partial charge in [-0.1, -0.05) is 0 Å². The number of likely N-dealkylation sites (tertiary alicyclic amines) is 1. The van der Waals surface area contributed by atoms with Crippen LogP contribution in [0.5, 0.6) is 0 Å². The molecule has 0 spiro atoms. The van der Waals surface area contributed by atoms with E-state index >= 15 is 0 Å². The summed E-state index contributed by atoms with van der Waals surface area (Å²) in [6, 6.07) is 5.88. The molecule has 28 heavy (non-hydrogen) atoms. The summed E-state index contributed by atoms with van der Waals surface area (Å²) >= 11 is 0. The van der Waals surface area contributed by atoms with Gasteiger partial charge in [-0.05, 0) is 50.5 Å². The Bertz CT molecular complexity index is 872. The molecular weight excluding hydrogens is 354 g/mol. The number of nitrogens with one attached hydrogen (secondary N) is 1. The van der Waals surface area contributed by atoms with Crippen LogP contribution in [0.1, 0.15) is 36.2 Å². The van der Waals surface area contributed by atoms with E-state index in [1.807, 2.05) is 23.7 Å². The van der Waals surface area contributed by atoms with Crippen molar-refractivity contribution < 1.29 is 9.59 Å². The molecule has 2 aromatic rings. The summed E-state index contributed by atoms with van der Waals surface area (Å²) in [5.41, 5.74) is 3.32. The SMILES string of the molecule is Cc1cc(C)n(CC2(CNC(=O)[C@@H]3CC(=O)N(Cc4ccncc4)C3)CC2)n1. The number of carbonyl (C=O) groups excluding carboxylic acids is 2. The quantitative estimate of drug-likeness (QED) is 0.794. The minimum absolute atomic E-state index is 0.00905. The van der Waals surface area contributed by atoms with Gasteiger partial charge < -0.3 is 10.2 Å². The first-order chi connectivity index (χ1) is 13.4. The fourth-order valence-electron chi connectivity index (χ4n) is 3.95. The lowest BCUT2D eigenvalue weighted by molar-refractivity contribution is -0.129. The molecule has 2 amide bonds. The Balaban J connectivity index is 1.29. The number of carbonyl (C=O) groups is 2. The maximum Gasteiger partial charge on any atom is 0.225 e. The molecule has 0 radical (unpaired) electrons. The van der Waals surface area contributed by atoms with Crippen LogP contribution in [0.15, 0.2) is 30.6 Å². The molecule has 3 heterocycles. The van der Waals surface area contributed by atoms with Gasteiger partial charge in [0, 0.05) is 56.1 Å². The molecule has 0 unspecified atom stereocenters. The predicted molar refractivity (Wildman–Crippen MR) is 104 cm³/mol. The molecule has 148 valence electrons. The van der Waals surface area contributed by atoms with Crippen molar-refractivity contribution in [3.05, 3.63) is 47.5 Å². The smallest absolute Gasteiger partial charge is 0.225 e. The number of nitrogens with zero attached hydrogens (tertiary/aromatic N) is 4. The first kappa shape index (κ1) is 18.7. The number of pyridine rings is 1. The molecule has 1 saturated carbocycles. The lowest BCUT2D eigenvalue weighted by Gasteiger charge is -2.19. The third kappa shape index (κ3) is 4.08. The zero-order chi connectivity index (χ0) is 19.7. The van der Waals surface area contributed by atoms with Gasteiger partial charge >= 0.3 is 0 Å². The molecule has 1 aliphatic heterocycles. The van der Waals surface area contributed by atoms with E-state index in [-0.39, 0.29) is 23.1 Å². The van der Waals surface area contributed by atoms with E-state index in [0.29, 0.717) is 26.1 Å². The van der Waals surface area contributed by atoms with Crippen molar-refractivity contribution in [1.29, 1.82) is 0 Å². The fourth-order valence-corrected chi connectivity index (χ4v) is 3.95. The fraction of sp³-hybridized carbons (Fsp3) is 0.524. The van der Waals surface area contributed by atoms with Crippen molar-refractivity contribution in [2.75, 3.05) is 13.1 Å². The van der Waals surface area contributed by atoms with E-state index in [9.17, 15) is 9.59 Å². The summed E-state index contributed by atoms with van der Waals surface area (Å²) < 4.78 is 2.05. The van der Waals surface area contributed by atoms with E-state index in [4.69, 9.17) is 0 Å². The van der Waals surface area contributed by atoms with Crippen LogP contribution in [0, 0.1) is 25.2 Å². The van der Waals surface area contributed by atoms with Crippen molar-refractivity contribution in [1.82, 2.24) is 25.0 Å². The first-order valence-electron chi connectivity index (χ1n) is 9.90. The van der Waals surface area contributed by atoms with E-state index in [0.717, 1.165) is 36.3 Å². The largest absolute Gasteiger partial charge is 0.355 e. The van der Waals surface area contributed by atoms with E-state index in [1.165, 1.54) is 0 Å². The molecule has 1 saturated heterocycles. The predicted octanol–water partition coefficient (Wildman–Crippen LogP) is 1.84. The average Bonchev–Trinajstić information content (AvgIpc) is 3.24. The van der Waals surface area contributed by atoms with Crippen molar-refractivity contribution >= 4 is 11.8 Å². The zero-order valence-electron chi connectivity index (χ0n) is 16.5. The topological polar surface area (TPSA) is 80.1 Å². The van der Waals surface area contributed by atoms with Crippen LogP contribution in [0.25, 0.3) is 0 Å². The number of hydrogen-bond acceptors (Lipinski definition) is 4. The van der Waals surface area contributed by atoms with Crippen LogP contribution in [0.3, 0.4) is 0 Å². The van der Waals surface area contributed by atoms with Crippen LogP contribution in [-0.2, 0) is 22.7 Å². The second-order valence-electron chi connectivity index (χ2n) is 8.33. The lowest BCUT2D eigenvalue weighted by Crippen LogP contribution is -2.37. The van der Waals surface area contributed by atoms with Crippen molar-refractivity contribution in [3.8, 4) is 0 Å². The maximum absolute atomic E-state index is 12.7. The van der Waals surface area contributed by atoms with Gasteiger partial charge in [-0.15, -0.1) is 0 Å². The maximum atomic E-state index is 12.7. The van der Waals surface area contributed by atoms with Crippen LogP contribution in [0.4, 0.5) is 0 Å². The Morgan fingerprint density at radius 2 is 2.04 bits per heavy atom. The Morgan fingerprint density at radius 3 is 2.68 bits per heavy atom. The van der Waals surface area contributed by atoms with Gasteiger partial charge in [0.15, 0.2) is 0 Å². The minimum atomic E-state index is -0.265. The van der Waals surface area contributed by atoms with E-state index < -0.39 is 0 Å². The minimum Gasteiger partial charge on any atom is -0.355 e. The summed E-state index contributed by atoms with van der Waals surface area (Å²) in [6.07, 6.45) is 5.93. The standard InChI is InChI=1S/C21H27N5O2/c1-15-9-16(2)26(24-15)14-21(5-6-21)13-23-20(28)18-10-19(27)25(12-18)11-17-3-7-22-8-4-17/h3-4,7-9,18H,5-6,10-14H2,1-2H3,(H,23,28)/t18-/m1/s1. The van der Waals surface area contributed by atoms with Crippen LogP contribution < -0.4 is 5.32 Å². The third-order valence-corrected chi connectivity index (χ3v) is 5.89. The number of rotatable bonds is 7. The average molecular weight is 381 g/mol. The second-order valence-corrected chi connectivity index (χ2v) is 8.33. The van der Waals surface area contributed by atoms with E-state index in [1.54, 1.807) is 17.3 Å². The highest BCUT2D eigenvalue weighted by Gasteiger charge is 2.44. The van der Waals surface area contributed by atoms with Gasteiger partial charge in [-0.3, -0.25) is 19.3 Å². The van der Waals surface area contributed by atoms with E-state index in [2.05, 4.69) is 28.4 Å². The van der Waals surface area contributed by atoms with Gasteiger partial charge in [0.05, 0.1) is 11.6 Å². The summed E-state index contributed by atoms with van der Waals surface area (Å²) in [5.74, 6) is -0.232. The molecule has 2 fully saturated rings. The molecule has 7 nitrogen and oxygen atoms in total. The molecule has 1 atom stereocenters. The molecule has 2 aromatic heterocycles. The highest BCUT2D eigenvalue weighted by atomic mass is 16.2. The molecule has 7 heteroatoms. The number of hydrogen-bond donors (Lipinski definition) is 1. The van der Waals surface area contributed by atoms with Gasteiger partial charge in [0.1, 0.15) is 0 Å². The molecular formula is C21H27N5O2. The van der Waals surface area contributed by atoms with Crippen LogP contribution in [0.2, 0.25) is 0 Å². The molecule has 1 N–H and O–H groups in total. The Labute approximate surface area is 165 Å². The van der Waals surface area contributed by atoms with Gasteiger partial charge in [0.25, 0.3) is 0 Å². The van der Waals surface area contributed by atoms with Crippen molar-refractivity contribution in [2.24, 2.45) is 11.3 Å². The van der Waals surface area contributed by atoms with Gasteiger partial charge in [-0.25, -0.2) is 0 Å². The first-order valence-corrected chi connectivity index (χ1v) is 9.90. The third-order valence-electron chi connectivity index (χ3n) is 5.89. The van der Waals surface area contributed by atoms with Crippen molar-refractivity contribution in [3.63, 3.8) is 0 Å².